The van der Waals surface area contributed by atoms with Crippen LogP contribution in [0.4, 0.5) is 5.69 Å². The lowest BCUT2D eigenvalue weighted by Gasteiger charge is -2.22. The maximum absolute atomic E-state index is 11.6. The molecule has 176 valence electrons. The minimum Gasteiger partial charge on any atom is -0.506 e. The highest BCUT2D eigenvalue weighted by atomic mass is 32.2. The summed E-state index contributed by atoms with van der Waals surface area (Å²) in [5.41, 5.74) is 2.81. The fourth-order valence-corrected chi connectivity index (χ4v) is 4.56. The van der Waals surface area contributed by atoms with Gasteiger partial charge in [-0.1, -0.05) is 72.8 Å². The van der Waals surface area contributed by atoms with Crippen molar-refractivity contribution in [3.63, 3.8) is 0 Å². The average Bonchev–Trinajstić information content (AvgIpc) is 2.82. The summed E-state index contributed by atoms with van der Waals surface area (Å²) < 4.78 is 25.4. The van der Waals surface area contributed by atoms with Gasteiger partial charge in [-0.05, 0) is 52.1 Å². The van der Waals surface area contributed by atoms with E-state index in [0.29, 0.717) is 5.56 Å². The lowest BCUT2D eigenvalue weighted by molar-refractivity contribution is 0.169. The lowest BCUT2D eigenvalue weighted by Crippen LogP contribution is -2.28. The van der Waals surface area contributed by atoms with E-state index in [9.17, 15) is 18.6 Å². The molecule has 4 aromatic carbocycles. The first-order valence-corrected chi connectivity index (χ1v) is 12.9. The maximum Gasteiger partial charge on any atom is 0.229 e. The van der Waals surface area contributed by atoms with Gasteiger partial charge in [-0.3, -0.25) is 4.72 Å². The van der Waals surface area contributed by atoms with Gasteiger partial charge in [0.1, 0.15) is 5.75 Å². The number of rotatable bonds is 9. The van der Waals surface area contributed by atoms with Crippen molar-refractivity contribution in [1.29, 1.82) is 0 Å². The molecule has 0 spiro atoms. The molecule has 0 aromatic heterocycles. The van der Waals surface area contributed by atoms with Crippen molar-refractivity contribution in [2.75, 3.05) is 17.5 Å². The summed E-state index contributed by atoms with van der Waals surface area (Å²) in [5.74, 6) is -0.201. The van der Waals surface area contributed by atoms with E-state index in [4.69, 9.17) is 0 Å². The number of hydrogen-bond donors (Lipinski definition) is 4. The number of anilines is 1. The van der Waals surface area contributed by atoms with Gasteiger partial charge < -0.3 is 15.5 Å². The van der Waals surface area contributed by atoms with Gasteiger partial charge in [-0.25, -0.2) is 8.42 Å². The molecule has 0 bridgehead atoms. The Kier molecular flexibility index (Phi) is 7.17. The van der Waals surface area contributed by atoms with E-state index >= 15 is 0 Å². The van der Waals surface area contributed by atoms with Gasteiger partial charge in [0.2, 0.25) is 10.0 Å². The van der Waals surface area contributed by atoms with Crippen LogP contribution in [0.15, 0.2) is 91.0 Å². The van der Waals surface area contributed by atoms with Crippen LogP contribution in [0.3, 0.4) is 0 Å². The molecule has 0 aliphatic rings. The van der Waals surface area contributed by atoms with Gasteiger partial charge in [0.05, 0.1) is 18.0 Å². The van der Waals surface area contributed by atoms with Gasteiger partial charge in [0, 0.05) is 12.6 Å². The van der Waals surface area contributed by atoms with Crippen LogP contribution in [-0.4, -0.2) is 31.4 Å². The number of phenols is 1. The Morgan fingerprint density at radius 2 is 1.50 bits per heavy atom. The van der Waals surface area contributed by atoms with Crippen LogP contribution in [0, 0.1) is 0 Å². The van der Waals surface area contributed by atoms with Crippen LogP contribution in [0.5, 0.6) is 5.75 Å². The zero-order chi connectivity index (χ0) is 24.1. The fraction of sp³-hybridized carbons (Fsp3) is 0.185. The van der Waals surface area contributed by atoms with Gasteiger partial charge in [0.15, 0.2) is 0 Å². The van der Waals surface area contributed by atoms with Crippen molar-refractivity contribution in [2.45, 2.75) is 18.6 Å². The summed E-state index contributed by atoms with van der Waals surface area (Å²) >= 11 is 0. The van der Waals surface area contributed by atoms with Crippen LogP contribution in [0.1, 0.15) is 28.8 Å². The van der Waals surface area contributed by atoms with Crippen molar-refractivity contribution in [2.24, 2.45) is 0 Å². The first kappa shape index (κ1) is 23.8. The normalized spacial score (nSPS) is 13.5. The summed E-state index contributed by atoms with van der Waals surface area (Å²) in [6.07, 6.45) is 0.844. The third-order valence-corrected chi connectivity index (χ3v) is 6.31. The van der Waals surface area contributed by atoms with E-state index in [-0.39, 0.29) is 24.0 Å². The highest BCUT2D eigenvalue weighted by Crippen LogP contribution is 2.29. The molecule has 2 atom stereocenters. The summed E-state index contributed by atoms with van der Waals surface area (Å²) in [6, 6.07) is 29.1. The number of nitrogens with one attached hydrogen (secondary N) is 2. The van der Waals surface area contributed by atoms with Gasteiger partial charge in [-0.15, -0.1) is 0 Å². The maximum atomic E-state index is 11.6. The van der Waals surface area contributed by atoms with Crippen LogP contribution in [-0.2, 0) is 16.4 Å². The molecular formula is C27H28N2O4S. The quantitative estimate of drug-likeness (QED) is 0.266. The Morgan fingerprint density at radius 3 is 2.24 bits per heavy atom. The van der Waals surface area contributed by atoms with Crippen LogP contribution >= 0.6 is 0 Å². The third-order valence-electron chi connectivity index (χ3n) is 5.72. The van der Waals surface area contributed by atoms with Crippen molar-refractivity contribution in [3.8, 4) is 5.75 Å². The molecule has 0 amide bonds. The monoisotopic (exact) mass is 476 g/mol. The van der Waals surface area contributed by atoms with E-state index in [2.05, 4.69) is 52.5 Å². The SMILES string of the molecule is CS(=O)(=O)Nc1cc(C(O)CNC(Cc2ccccc2)c2ccc3ccccc3c2)ccc1O. The molecule has 7 heteroatoms. The van der Waals surface area contributed by atoms with Gasteiger partial charge >= 0.3 is 0 Å². The molecule has 4 rings (SSSR count). The minimum atomic E-state index is -3.56. The van der Waals surface area contributed by atoms with E-state index in [1.54, 1.807) is 6.07 Å². The third kappa shape index (κ3) is 6.14. The molecule has 34 heavy (non-hydrogen) atoms. The highest BCUT2D eigenvalue weighted by Gasteiger charge is 2.17. The first-order valence-electron chi connectivity index (χ1n) is 11.0. The minimum absolute atomic E-state index is 0.0365. The number of aromatic hydroxyl groups is 1. The van der Waals surface area contributed by atoms with E-state index in [1.807, 2.05) is 30.3 Å². The Hall–Kier alpha value is -3.39. The molecular weight excluding hydrogens is 448 g/mol. The zero-order valence-corrected chi connectivity index (χ0v) is 19.7. The second-order valence-electron chi connectivity index (χ2n) is 8.42. The lowest BCUT2D eigenvalue weighted by atomic mass is 9.96. The predicted octanol–water partition coefficient (Wildman–Crippen LogP) is 4.52. The Morgan fingerprint density at radius 1 is 0.824 bits per heavy atom. The van der Waals surface area contributed by atoms with Gasteiger partial charge in [0.25, 0.3) is 0 Å². The van der Waals surface area contributed by atoms with Gasteiger partial charge in [-0.2, -0.15) is 0 Å². The van der Waals surface area contributed by atoms with Crippen molar-refractivity contribution in [3.05, 3.63) is 108 Å². The Bertz CT molecular complexity index is 1370. The van der Waals surface area contributed by atoms with Crippen molar-refractivity contribution < 1.29 is 18.6 Å². The summed E-state index contributed by atoms with van der Waals surface area (Å²) in [6.45, 7) is 0.243. The smallest absolute Gasteiger partial charge is 0.229 e. The first-order chi connectivity index (χ1) is 16.3. The number of sulfonamides is 1. The molecule has 2 unspecified atom stereocenters. The fourth-order valence-electron chi connectivity index (χ4n) is 4.00. The second kappa shape index (κ2) is 10.3. The molecule has 6 nitrogen and oxygen atoms in total. The molecule has 0 fully saturated rings. The molecule has 0 radical (unpaired) electrons. The predicted molar refractivity (Wildman–Crippen MR) is 136 cm³/mol. The van der Waals surface area contributed by atoms with Crippen molar-refractivity contribution >= 4 is 26.5 Å². The number of benzene rings is 4. The molecule has 0 aliphatic carbocycles. The Balaban J connectivity index is 1.56. The molecule has 0 saturated heterocycles. The summed E-state index contributed by atoms with van der Waals surface area (Å²) in [4.78, 5) is 0. The topological polar surface area (TPSA) is 98.7 Å². The number of fused-ring (bicyclic) bond motifs is 1. The van der Waals surface area contributed by atoms with Crippen LogP contribution in [0.2, 0.25) is 0 Å². The molecule has 0 saturated carbocycles. The molecule has 0 heterocycles. The number of aliphatic hydroxyl groups is 1. The summed E-state index contributed by atoms with van der Waals surface area (Å²) in [5, 5.41) is 26.6. The van der Waals surface area contributed by atoms with E-state index in [0.717, 1.165) is 23.6 Å². The molecule has 4 aromatic rings. The van der Waals surface area contributed by atoms with Crippen LogP contribution < -0.4 is 10.0 Å². The number of aliphatic hydroxyl groups excluding tert-OH is 1. The van der Waals surface area contributed by atoms with Crippen LogP contribution in [0.25, 0.3) is 10.8 Å². The highest BCUT2D eigenvalue weighted by molar-refractivity contribution is 7.92. The van der Waals surface area contributed by atoms with Crippen molar-refractivity contribution in [1.82, 2.24) is 5.32 Å². The zero-order valence-electron chi connectivity index (χ0n) is 18.8. The Labute approximate surface area is 200 Å². The largest absolute Gasteiger partial charge is 0.506 e. The number of phenolic OH excluding ortho intramolecular Hbond substituents is 1. The average molecular weight is 477 g/mol. The molecule has 4 N–H and O–H groups in total. The standard InChI is InChI=1S/C27H28N2O4S/c1-34(32,33)29-25-17-23(13-14-26(25)30)27(31)18-28-24(15-19-7-3-2-4-8-19)22-12-11-20-9-5-6-10-21(20)16-22/h2-14,16-17,24,27-31H,15,18H2,1H3. The second-order valence-corrected chi connectivity index (χ2v) is 10.2. The summed E-state index contributed by atoms with van der Waals surface area (Å²) in [7, 11) is -3.56. The van der Waals surface area contributed by atoms with E-state index in [1.165, 1.54) is 23.1 Å². The molecule has 0 aliphatic heterocycles. The number of hydrogen-bond acceptors (Lipinski definition) is 5. The van der Waals surface area contributed by atoms with E-state index < -0.39 is 16.1 Å².